The second-order valence-corrected chi connectivity index (χ2v) is 9.05. The zero-order chi connectivity index (χ0) is 20.9. The number of benzene rings is 2. The molecule has 154 valence electrons. The number of amidine groups is 1. The fraction of sp³-hybridized carbons (Fsp3) is 0.300. The van der Waals surface area contributed by atoms with Gasteiger partial charge in [0.15, 0.2) is 9.84 Å². The molecule has 2 aromatic rings. The predicted molar refractivity (Wildman–Crippen MR) is 112 cm³/mol. The first-order valence-electron chi connectivity index (χ1n) is 9.22. The molecule has 1 aliphatic rings. The molecule has 1 heterocycles. The van der Waals surface area contributed by atoms with Crippen LogP contribution in [0.4, 0.5) is 10.5 Å². The van der Waals surface area contributed by atoms with E-state index in [1.165, 1.54) is 4.90 Å². The quantitative estimate of drug-likeness (QED) is 0.420. The molecular weight excluding hydrogens is 392 g/mol. The zero-order valence-electron chi connectivity index (χ0n) is 15.9. The van der Waals surface area contributed by atoms with Gasteiger partial charge in [0.2, 0.25) is 0 Å². The molecule has 1 atom stereocenters. The molecule has 8 nitrogen and oxygen atoms in total. The van der Waals surface area contributed by atoms with Gasteiger partial charge in [-0.05, 0) is 24.1 Å². The Morgan fingerprint density at radius 2 is 1.97 bits per heavy atom. The van der Waals surface area contributed by atoms with Gasteiger partial charge in [0.25, 0.3) is 0 Å². The van der Waals surface area contributed by atoms with Crippen LogP contribution in [0.5, 0.6) is 0 Å². The van der Waals surface area contributed by atoms with E-state index in [0.717, 1.165) is 5.56 Å². The minimum atomic E-state index is -3.27. The number of nitrogens with one attached hydrogen (secondary N) is 2. The lowest BCUT2D eigenvalue weighted by Gasteiger charge is -2.14. The first kappa shape index (κ1) is 20.8. The SMILES string of the molecule is N=C(N)c1cccc(N2CC(CNCS(=O)(=O)CCc3ccccc3)OC2=O)c1. The number of amides is 1. The number of ether oxygens (including phenoxy) is 1. The summed E-state index contributed by atoms with van der Waals surface area (Å²) in [6.07, 6.45) is -0.513. The fourth-order valence-electron chi connectivity index (χ4n) is 3.05. The third kappa shape index (κ3) is 5.78. The molecule has 1 unspecified atom stereocenters. The Morgan fingerprint density at radius 3 is 2.69 bits per heavy atom. The molecule has 1 fully saturated rings. The predicted octanol–water partition coefficient (Wildman–Crippen LogP) is 1.50. The summed E-state index contributed by atoms with van der Waals surface area (Å²) in [5.74, 6) is -0.204. The van der Waals surface area contributed by atoms with Crippen molar-refractivity contribution >= 4 is 27.5 Å². The summed E-state index contributed by atoms with van der Waals surface area (Å²) in [6, 6.07) is 16.2. The summed E-state index contributed by atoms with van der Waals surface area (Å²) in [5.41, 5.74) is 7.57. The van der Waals surface area contributed by atoms with Gasteiger partial charge < -0.3 is 10.5 Å². The molecule has 29 heavy (non-hydrogen) atoms. The molecule has 0 aliphatic carbocycles. The van der Waals surface area contributed by atoms with Crippen LogP contribution in [-0.2, 0) is 21.0 Å². The maximum absolute atomic E-state index is 12.2. The van der Waals surface area contributed by atoms with Gasteiger partial charge >= 0.3 is 6.09 Å². The van der Waals surface area contributed by atoms with E-state index in [1.54, 1.807) is 24.3 Å². The molecule has 3 rings (SSSR count). The second-order valence-electron chi connectivity index (χ2n) is 6.86. The van der Waals surface area contributed by atoms with E-state index >= 15 is 0 Å². The van der Waals surface area contributed by atoms with E-state index in [2.05, 4.69) is 5.32 Å². The van der Waals surface area contributed by atoms with Crippen molar-refractivity contribution in [2.45, 2.75) is 12.5 Å². The summed E-state index contributed by atoms with van der Waals surface area (Å²) < 4.78 is 29.8. The van der Waals surface area contributed by atoms with Crippen molar-refractivity contribution in [1.29, 1.82) is 5.41 Å². The Bertz CT molecular complexity index is 979. The van der Waals surface area contributed by atoms with E-state index < -0.39 is 22.0 Å². The molecule has 2 aromatic carbocycles. The maximum Gasteiger partial charge on any atom is 0.414 e. The van der Waals surface area contributed by atoms with Gasteiger partial charge in [-0.2, -0.15) is 0 Å². The normalized spacial score (nSPS) is 16.6. The third-order valence-electron chi connectivity index (χ3n) is 4.58. The van der Waals surface area contributed by atoms with Crippen LogP contribution in [0.15, 0.2) is 54.6 Å². The molecular formula is C20H24N4O4S. The van der Waals surface area contributed by atoms with Crippen LogP contribution in [0.1, 0.15) is 11.1 Å². The Balaban J connectivity index is 1.49. The topological polar surface area (TPSA) is 126 Å². The van der Waals surface area contributed by atoms with E-state index in [9.17, 15) is 13.2 Å². The van der Waals surface area contributed by atoms with E-state index in [0.29, 0.717) is 17.7 Å². The van der Waals surface area contributed by atoms with Gasteiger partial charge in [-0.1, -0.05) is 42.5 Å². The van der Waals surface area contributed by atoms with Gasteiger partial charge in [0.05, 0.1) is 18.2 Å². The number of carbonyl (C=O) groups excluding carboxylic acids is 1. The average Bonchev–Trinajstić information content (AvgIpc) is 3.08. The first-order valence-corrected chi connectivity index (χ1v) is 11.0. The highest BCUT2D eigenvalue weighted by Crippen LogP contribution is 2.22. The number of nitrogen functional groups attached to an aromatic ring is 1. The van der Waals surface area contributed by atoms with Gasteiger partial charge in [0, 0.05) is 17.8 Å². The van der Waals surface area contributed by atoms with Gasteiger partial charge in [-0.15, -0.1) is 0 Å². The Labute approximate surface area is 170 Å². The number of anilines is 1. The fourth-order valence-corrected chi connectivity index (χ4v) is 4.17. The van der Waals surface area contributed by atoms with E-state index in [4.69, 9.17) is 15.9 Å². The van der Waals surface area contributed by atoms with Gasteiger partial charge in [0.1, 0.15) is 11.9 Å². The zero-order valence-corrected chi connectivity index (χ0v) is 16.7. The van der Waals surface area contributed by atoms with Crippen molar-refractivity contribution in [3.05, 3.63) is 65.7 Å². The molecule has 0 spiro atoms. The molecule has 1 saturated heterocycles. The lowest BCUT2D eigenvalue weighted by Crippen LogP contribution is -2.34. The summed E-state index contributed by atoms with van der Waals surface area (Å²) in [7, 11) is -3.27. The minimum absolute atomic E-state index is 0.0540. The average molecular weight is 417 g/mol. The summed E-state index contributed by atoms with van der Waals surface area (Å²) in [5, 5.41) is 10.4. The second kappa shape index (κ2) is 9.06. The molecule has 0 bridgehead atoms. The molecule has 1 aliphatic heterocycles. The van der Waals surface area contributed by atoms with Crippen LogP contribution in [0.2, 0.25) is 0 Å². The number of hydrogen-bond acceptors (Lipinski definition) is 6. The Kier molecular flexibility index (Phi) is 6.50. The Hall–Kier alpha value is -2.91. The smallest absolute Gasteiger partial charge is 0.414 e. The van der Waals surface area contributed by atoms with Gasteiger partial charge in [-0.25, -0.2) is 13.2 Å². The molecule has 0 saturated carbocycles. The van der Waals surface area contributed by atoms with Crippen molar-refractivity contribution in [3.8, 4) is 0 Å². The number of nitrogens with two attached hydrogens (primary N) is 1. The van der Waals surface area contributed by atoms with Crippen LogP contribution < -0.4 is 16.0 Å². The minimum Gasteiger partial charge on any atom is -0.443 e. The van der Waals surface area contributed by atoms with Crippen LogP contribution >= 0.6 is 0 Å². The summed E-state index contributed by atoms with van der Waals surface area (Å²) in [4.78, 5) is 13.6. The van der Waals surface area contributed by atoms with Crippen molar-refractivity contribution < 1.29 is 17.9 Å². The maximum atomic E-state index is 12.2. The number of carbonyl (C=O) groups is 1. The number of sulfone groups is 1. The molecule has 0 radical (unpaired) electrons. The highest BCUT2D eigenvalue weighted by molar-refractivity contribution is 7.91. The van der Waals surface area contributed by atoms with Crippen molar-refractivity contribution in [3.63, 3.8) is 0 Å². The number of nitrogens with zero attached hydrogens (tertiary/aromatic N) is 1. The van der Waals surface area contributed by atoms with Gasteiger partial charge in [-0.3, -0.25) is 15.6 Å². The number of cyclic esters (lactones) is 1. The molecule has 1 amide bonds. The number of rotatable bonds is 9. The summed E-state index contributed by atoms with van der Waals surface area (Å²) >= 11 is 0. The van der Waals surface area contributed by atoms with E-state index in [1.807, 2.05) is 30.3 Å². The molecule has 4 N–H and O–H groups in total. The van der Waals surface area contributed by atoms with Crippen molar-refractivity contribution in [1.82, 2.24) is 5.32 Å². The molecule has 0 aromatic heterocycles. The van der Waals surface area contributed by atoms with Crippen molar-refractivity contribution in [2.75, 3.05) is 29.6 Å². The lowest BCUT2D eigenvalue weighted by atomic mass is 10.1. The third-order valence-corrected chi connectivity index (χ3v) is 6.05. The monoisotopic (exact) mass is 416 g/mol. The standard InChI is InChI=1S/C20H24N4O4S/c21-19(22)16-7-4-8-17(11-16)24-13-18(28-20(24)25)12-23-14-29(26,27)10-9-15-5-2-1-3-6-15/h1-8,11,18,23H,9-10,12-14H2,(H3,21,22). The highest BCUT2D eigenvalue weighted by atomic mass is 32.2. The lowest BCUT2D eigenvalue weighted by molar-refractivity contribution is 0.141. The first-order chi connectivity index (χ1) is 13.8. The molecule has 9 heteroatoms. The van der Waals surface area contributed by atoms with Crippen molar-refractivity contribution in [2.24, 2.45) is 5.73 Å². The summed E-state index contributed by atoms with van der Waals surface area (Å²) in [6.45, 7) is 0.524. The largest absolute Gasteiger partial charge is 0.443 e. The number of aryl methyl sites for hydroxylation is 1. The Morgan fingerprint density at radius 1 is 1.21 bits per heavy atom. The van der Waals surface area contributed by atoms with Crippen LogP contribution in [0.3, 0.4) is 0 Å². The highest BCUT2D eigenvalue weighted by Gasteiger charge is 2.32. The van der Waals surface area contributed by atoms with E-state index in [-0.39, 0.29) is 30.6 Å². The van der Waals surface area contributed by atoms with Crippen LogP contribution in [-0.4, -0.2) is 51.2 Å². The van der Waals surface area contributed by atoms with Crippen LogP contribution in [0, 0.1) is 5.41 Å². The number of hydrogen-bond donors (Lipinski definition) is 3. The van der Waals surface area contributed by atoms with Crippen LogP contribution in [0.25, 0.3) is 0 Å².